The minimum atomic E-state index is -3.73. The highest BCUT2D eigenvalue weighted by Gasteiger charge is 2.23. The van der Waals surface area contributed by atoms with E-state index in [1.807, 2.05) is 0 Å². The van der Waals surface area contributed by atoms with E-state index < -0.39 is 22.4 Å². The molecule has 36 heavy (non-hydrogen) atoms. The maximum atomic E-state index is 14.7. The van der Waals surface area contributed by atoms with Crippen molar-refractivity contribution in [3.8, 4) is 17.2 Å². The van der Waals surface area contributed by atoms with Crippen LogP contribution in [0.2, 0.25) is 0 Å². The molecule has 0 spiro atoms. The van der Waals surface area contributed by atoms with Gasteiger partial charge in [-0.2, -0.15) is 4.98 Å². The predicted molar refractivity (Wildman–Crippen MR) is 135 cm³/mol. The van der Waals surface area contributed by atoms with Gasteiger partial charge in [-0.05, 0) is 18.6 Å². The van der Waals surface area contributed by atoms with E-state index >= 15 is 0 Å². The number of hydrogen-bond acceptors (Lipinski definition) is 10. The lowest BCUT2D eigenvalue weighted by atomic mass is 10.1. The molecular weight excluding hydrogens is 493 g/mol. The molecule has 0 aliphatic heterocycles. The van der Waals surface area contributed by atoms with Crippen LogP contribution < -0.4 is 29.1 Å². The van der Waals surface area contributed by atoms with Crippen molar-refractivity contribution in [1.82, 2.24) is 9.97 Å². The maximum Gasteiger partial charge on any atom is 0.232 e. The first-order valence-electron chi connectivity index (χ1n) is 10.7. The summed E-state index contributed by atoms with van der Waals surface area (Å²) >= 11 is 0. The lowest BCUT2D eigenvalue weighted by Gasteiger charge is -2.26. The number of rotatable bonds is 11. The average Bonchev–Trinajstić information content (AvgIpc) is 2.84. The van der Waals surface area contributed by atoms with Crippen LogP contribution in [0, 0.1) is 12.7 Å². The summed E-state index contributed by atoms with van der Waals surface area (Å²) in [5, 5.41) is 15.2. The SMILES string of the molecule is COc1cc(Nc2ncc(F)c(Nc3cccc(C)c3N(CCO)S(C)(=O)=O)n2)cc(OC)c1OC. The van der Waals surface area contributed by atoms with Crippen molar-refractivity contribution in [3.05, 3.63) is 47.9 Å². The fourth-order valence-corrected chi connectivity index (χ4v) is 4.54. The zero-order valence-corrected chi connectivity index (χ0v) is 21.3. The van der Waals surface area contributed by atoms with Gasteiger partial charge < -0.3 is 30.0 Å². The van der Waals surface area contributed by atoms with Crippen molar-refractivity contribution in [1.29, 1.82) is 0 Å². The van der Waals surface area contributed by atoms with Crippen LogP contribution in [-0.2, 0) is 10.0 Å². The second kappa shape index (κ2) is 11.3. The molecule has 0 atom stereocenters. The van der Waals surface area contributed by atoms with Gasteiger partial charge in [0.1, 0.15) is 0 Å². The van der Waals surface area contributed by atoms with E-state index in [9.17, 15) is 17.9 Å². The van der Waals surface area contributed by atoms with E-state index in [4.69, 9.17) is 14.2 Å². The number of methoxy groups -OCH3 is 3. The first kappa shape index (κ1) is 26.8. The molecule has 11 nitrogen and oxygen atoms in total. The molecule has 0 aliphatic rings. The van der Waals surface area contributed by atoms with Gasteiger partial charge >= 0.3 is 0 Å². The van der Waals surface area contributed by atoms with E-state index in [0.29, 0.717) is 28.5 Å². The van der Waals surface area contributed by atoms with Crippen LogP contribution in [0.25, 0.3) is 0 Å². The van der Waals surface area contributed by atoms with Crippen LogP contribution >= 0.6 is 0 Å². The second-order valence-corrected chi connectivity index (χ2v) is 9.49. The number of halogens is 1. The van der Waals surface area contributed by atoms with E-state index in [0.717, 1.165) is 16.8 Å². The molecule has 13 heteroatoms. The van der Waals surface area contributed by atoms with Gasteiger partial charge in [0, 0.05) is 17.8 Å². The standard InChI is InChI=1S/C23H28FN5O6S/c1-14-7-6-8-17(20(14)29(9-10-30)36(5,31)32)27-22-16(24)13-25-23(28-22)26-15-11-18(33-2)21(35-4)19(12-15)34-3/h6-8,11-13,30H,9-10H2,1-5H3,(H2,25,26,27,28). The molecule has 1 heterocycles. The molecule has 0 radical (unpaired) electrons. The fraction of sp³-hybridized carbons (Fsp3) is 0.304. The quantitative estimate of drug-likeness (QED) is 0.345. The molecule has 0 saturated carbocycles. The number of anilines is 5. The maximum absolute atomic E-state index is 14.7. The summed E-state index contributed by atoms with van der Waals surface area (Å²) in [4.78, 5) is 8.20. The third kappa shape index (κ3) is 5.86. The first-order chi connectivity index (χ1) is 17.1. The number of aliphatic hydroxyl groups is 1. The predicted octanol–water partition coefficient (Wildman–Crippen LogP) is 3.20. The van der Waals surface area contributed by atoms with Crippen molar-refractivity contribution in [2.45, 2.75) is 6.92 Å². The monoisotopic (exact) mass is 521 g/mol. The summed E-state index contributed by atoms with van der Waals surface area (Å²) in [5.74, 6) is 0.300. The molecule has 0 amide bonds. The van der Waals surface area contributed by atoms with Crippen molar-refractivity contribution in [2.75, 3.05) is 55.7 Å². The molecule has 0 aliphatic carbocycles. The van der Waals surface area contributed by atoms with Crippen LogP contribution in [0.5, 0.6) is 17.2 Å². The summed E-state index contributed by atoms with van der Waals surface area (Å²) in [5.41, 5.74) is 1.64. The summed E-state index contributed by atoms with van der Waals surface area (Å²) in [7, 11) is 0.710. The highest BCUT2D eigenvalue weighted by atomic mass is 32.2. The highest BCUT2D eigenvalue weighted by Crippen LogP contribution is 2.40. The number of ether oxygens (including phenoxy) is 3. The molecule has 194 valence electrons. The number of aryl methyl sites for hydroxylation is 1. The third-order valence-electron chi connectivity index (χ3n) is 5.11. The van der Waals surface area contributed by atoms with Crippen LogP contribution in [0.3, 0.4) is 0 Å². The number of nitrogens with zero attached hydrogens (tertiary/aromatic N) is 3. The molecule has 3 N–H and O–H groups in total. The van der Waals surface area contributed by atoms with Gasteiger partial charge in [-0.3, -0.25) is 4.31 Å². The zero-order chi connectivity index (χ0) is 26.5. The van der Waals surface area contributed by atoms with Gasteiger partial charge in [0.15, 0.2) is 23.1 Å². The van der Waals surface area contributed by atoms with Crippen LogP contribution in [-0.4, -0.2) is 64.2 Å². The van der Waals surface area contributed by atoms with Crippen molar-refractivity contribution >= 4 is 38.9 Å². The van der Waals surface area contributed by atoms with Gasteiger partial charge in [-0.15, -0.1) is 0 Å². The Morgan fingerprint density at radius 3 is 2.31 bits per heavy atom. The molecule has 0 saturated heterocycles. The van der Waals surface area contributed by atoms with Crippen LogP contribution in [0.1, 0.15) is 5.56 Å². The van der Waals surface area contributed by atoms with Gasteiger partial charge in [-0.25, -0.2) is 17.8 Å². The molecule has 0 bridgehead atoms. The van der Waals surface area contributed by atoms with Gasteiger partial charge in [0.05, 0.1) is 58.3 Å². The van der Waals surface area contributed by atoms with Crippen molar-refractivity contribution in [3.63, 3.8) is 0 Å². The number of para-hydroxylation sites is 1. The molecule has 3 aromatic rings. The third-order valence-corrected chi connectivity index (χ3v) is 6.27. The molecule has 2 aromatic carbocycles. The number of aliphatic hydroxyl groups excluding tert-OH is 1. The van der Waals surface area contributed by atoms with Crippen molar-refractivity contribution < 1.29 is 32.1 Å². The Balaban J connectivity index is 2.00. The fourth-order valence-electron chi connectivity index (χ4n) is 3.55. The number of sulfonamides is 1. The number of benzene rings is 2. The van der Waals surface area contributed by atoms with Crippen LogP contribution in [0.15, 0.2) is 36.5 Å². The average molecular weight is 522 g/mol. The number of nitrogens with one attached hydrogen (secondary N) is 2. The first-order valence-corrected chi connectivity index (χ1v) is 12.5. The van der Waals surface area contributed by atoms with E-state index in [-0.39, 0.29) is 29.7 Å². The molecule has 0 unspecified atom stereocenters. The summed E-state index contributed by atoms with van der Waals surface area (Å²) in [6, 6.07) is 8.27. The minimum absolute atomic E-state index is 0.0534. The smallest absolute Gasteiger partial charge is 0.232 e. The summed E-state index contributed by atoms with van der Waals surface area (Å²) in [6.07, 6.45) is 2.01. The molecule has 0 fully saturated rings. The topological polar surface area (TPSA) is 135 Å². The van der Waals surface area contributed by atoms with Gasteiger partial charge in [0.2, 0.25) is 21.7 Å². The normalized spacial score (nSPS) is 11.1. The lowest BCUT2D eigenvalue weighted by molar-refractivity contribution is 0.307. The Hall–Kier alpha value is -3.84. The Kier molecular flexibility index (Phi) is 8.37. The largest absolute Gasteiger partial charge is 0.493 e. The Bertz CT molecular complexity index is 1310. The van der Waals surface area contributed by atoms with Gasteiger partial charge in [-0.1, -0.05) is 12.1 Å². The van der Waals surface area contributed by atoms with E-state index in [2.05, 4.69) is 20.6 Å². The van der Waals surface area contributed by atoms with E-state index in [1.165, 1.54) is 21.3 Å². The molecule has 3 rings (SSSR count). The van der Waals surface area contributed by atoms with Gasteiger partial charge in [0.25, 0.3) is 0 Å². The number of hydrogen-bond donors (Lipinski definition) is 3. The Morgan fingerprint density at radius 2 is 1.75 bits per heavy atom. The number of aromatic nitrogens is 2. The van der Waals surface area contributed by atoms with Crippen molar-refractivity contribution in [2.24, 2.45) is 0 Å². The lowest BCUT2D eigenvalue weighted by Crippen LogP contribution is -2.33. The van der Waals surface area contributed by atoms with Crippen LogP contribution in [0.4, 0.5) is 33.2 Å². The summed E-state index contributed by atoms with van der Waals surface area (Å²) in [6.45, 7) is 1.15. The highest BCUT2D eigenvalue weighted by molar-refractivity contribution is 7.92. The Labute approximate surface area is 208 Å². The Morgan fingerprint density at radius 1 is 1.08 bits per heavy atom. The molecule has 1 aromatic heterocycles. The minimum Gasteiger partial charge on any atom is -0.493 e. The second-order valence-electron chi connectivity index (χ2n) is 7.58. The van der Waals surface area contributed by atoms with E-state index in [1.54, 1.807) is 37.3 Å². The zero-order valence-electron chi connectivity index (χ0n) is 20.5. The summed E-state index contributed by atoms with van der Waals surface area (Å²) < 4.78 is 56.6. The molecular formula is C23H28FN5O6S.